The zero-order valence-corrected chi connectivity index (χ0v) is 13.5. The summed E-state index contributed by atoms with van der Waals surface area (Å²) < 4.78 is 17.2. The Morgan fingerprint density at radius 2 is 1.91 bits per heavy atom. The fraction of sp³-hybridized carbons (Fsp3) is 0.368. The van der Waals surface area contributed by atoms with E-state index < -0.39 is 0 Å². The molecule has 23 heavy (non-hydrogen) atoms. The van der Waals surface area contributed by atoms with Crippen molar-refractivity contribution in [3.05, 3.63) is 53.6 Å². The molecule has 0 bridgehead atoms. The third kappa shape index (κ3) is 2.75. The van der Waals surface area contributed by atoms with Crippen LogP contribution < -0.4 is 14.2 Å². The third-order valence-electron chi connectivity index (χ3n) is 4.48. The van der Waals surface area contributed by atoms with Crippen LogP contribution in [0.3, 0.4) is 0 Å². The van der Waals surface area contributed by atoms with Gasteiger partial charge in [-0.3, -0.25) is 0 Å². The Bertz CT molecular complexity index is 714. The van der Waals surface area contributed by atoms with Crippen LogP contribution in [0, 0.1) is 5.92 Å². The van der Waals surface area contributed by atoms with Crippen molar-refractivity contribution in [2.24, 2.45) is 5.92 Å². The second-order valence-corrected chi connectivity index (χ2v) is 6.48. The highest BCUT2D eigenvalue weighted by molar-refractivity contribution is 5.47. The smallest absolute Gasteiger partial charge is 0.231 e. The maximum atomic E-state index is 6.38. The molecule has 0 saturated heterocycles. The Morgan fingerprint density at radius 3 is 2.78 bits per heavy atom. The fourth-order valence-electron chi connectivity index (χ4n) is 3.53. The van der Waals surface area contributed by atoms with Crippen LogP contribution in [0.4, 0.5) is 0 Å². The van der Waals surface area contributed by atoms with E-state index in [4.69, 9.17) is 14.2 Å². The van der Waals surface area contributed by atoms with Crippen LogP contribution in [0.1, 0.15) is 17.2 Å². The Balaban J connectivity index is 1.62. The van der Waals surface area contributed by atoms with E-state index in [9.17, 15) is 0 Å². The summed E-state index contributed by atoms with van der Waals surface area (Å²) in [5.74, 6) is 2.83. The van der Waals surface area contributed by atoms with Gasteiger partial charge in [-0.2, -0.15) is 0 Å². The second kappa shape index (κ2) is 5.78. The van der Waals surface area contributed by atoms with Crippen LogP contribution in [-0.4, -0.2) is 32.3 Å². The average molecular weight is 311 g/mol. The van der Waals surface area contributed by atoms with Crippen molar-refractivity contribution in [3.8, 4) is 17.2 Å². The first-order valence-corrected chi connectivity index (χ1v) is 7.99. The van der Waals surface area contributed by atoms with Crippen LogP contribution in [0.15, 0.2) is 42.5 Å². The molecule has 4 heteroatoms. The van der Waals surface area contributed by atoms with E-state index in [2.05, 4.69) is 43.3 Å². The topological polar surface area (TPSA) is 30.9 Å². The van der Waals surface area contributed by atoms with Gasteiger partial charge in [0.1, 0.15) is 11.9 Å². The van der Waals surface area contributed by atoms with Crippen LogP contribution in [0.2, 0.25) is 0 Å². The van der Waals surface area contributed by atoms with Gasteiger partial charge in [0.05, 0.1) is 0 Å². The Morgan fingerprint density at radius 1 is 1.09 bits per heavy atom. The molecule has 0 amide bonds. The largest absolute Gasteiger partial charge is 0.485 e. The van der Waals surface area contributed by atoms with Crippen LogP contribution in [-0.2, 0) is 6.42 Å². The summed E-state index contributed by atoms with van der Waals surface area (Å²) in [6.45, 7) is 1.29. The van der Waals surface area contributed by atoms with Gasteiger partial charge in [0.2, 0.25) is 6.79 Å². The monoisotopic (exact) mass is 311 g/mol. The number of nitrogens with zero attached hydrogens (tertiary/aromatic N) is 1. The third-order valence-corrected chi connectivity index (χ3v) is 4.48. The van der Waals surface area contributed by atoms with Crippen LogP contribution in [0.25, 0.3) is 0 Å². The molecule has 0 spiro atoms. The molecule has 0 N–H and O–H groups in total. The predicted octanol–water partition coefficient (Wildman–Crippen LogP) is 3.27. The molecule has 4 nitrogen and oxygen atoms in total. The van der Waals surface area contributed by atoms with Crippen LogP contribution >= 0.6 is 0 Å². The Hall–Kier alpha value is -2.20. The standard InChI is InChI=1S/C19H21NO3/c1-20(2)11-14-9-13-5-3-4-6-16(13)19(14)23-15-7-8-17-18(10-15)22-12-21-17/h3-8,10,14,19H,9,11-12H2,1-2H3/t14-,19-/m0/s1. The molecule has 2 atom stereocenters. The lowest BCUT2D eigenvalue weighted by atomic mass is 10.0. The minimum atomic E-state index is 0.0778. The molecule has 0 aromatic heterocycles. The SMILES string of the molecule is CN(C)C[C@@H]1Cc2ccccc2[C@H]1Oc1ccc2c(c1)OCO2. The highest BCUT2D eigenvalue weighted by Gasteiger charge is 2.34. The molecule has 2 aromatic rings. The summed E-state index contributed by atoms with van der Waals surface area (Å²) in [6, 6.07) is 14.4. The van der Waals surface area contributed by atoms with E-state index in [-0.39, 0.29) is 12.9 Å². The molecule has 1 heterocycles. The molecule has 1 aliphatic carbocycles. The normalized spacial score (nSPS) is 21.5. The highest BCUT2D eigenvalue weighted by atomic mass is 16.7. The summed E-state index contributed by atoms with van der Waals surface area (Å²) in [5.41, 5.74) is 2.70. The molecule has 1 aliphatic heterocycles. The number of fused-ring (bicyclic) bond motifs is 2. The van der Waals surface area contributed by atoms with Crippen molar-refractivity contribution in [2.75, 3.05) is 27.4 Å². The molecule has 2 aromatic carbocycles. The Labute approximate surface area is 136 Å². The van der Waals surface area contributed by atoms with Gasteiger partial charge in [0.15, 0.2) is 11.5 Å². The van der Waals surface area contributed by atoms with Crippen molar-refractivity contribution in [3.63, 3.8) is 0 Å². The molecular formula is C19H21NO3. The lowest BCUT2D eigenvalue weighted by molar-refractivity contribution is 0.128. The van der Waals surface area contributed by atoms with Crippen molar-refractivity contribution in [2.45, 2.75) is 12.5 Å². The van der Waals surface area contributed by atoms with Gasteiger partial charge in [-0.1, -0.05) is 24.3 Å². The molecule has 0 unspecified atom stereocenters. The zero-order chi connectivity index (χ0) is 15.8. The summed E-state index contributed by atoms with van der Waals surface area (Å²) in [7, 11) is 4.22. The second-order valence-electron chi connectivity index (χ2n) is 6.48. The highest BCUT2D eigenvalue weighted by Crippen LogP contribution is 2.42. The molecular weight excluding hydrogens is 290 g/mol. The molecule has 0 fully saturated rings. The van der Waals surface area contributed by atoms with Gasteiger partial charge in [0, 0.05) is 18.5 Å². The number of rotatable bonds is 4. The van der Waals surface area contributed by atoms with Gasteiger partial charge in [0.25, 0.3) is 0 Å². The molecule has 4 rings (SSSR count). The molecule has 0 saturated carbocycles. The van der Waals surface area contributed by atoms with Crippen LogP contribution in [0.5, 0.6) is 17.2 Å². The first-order chi connectivity index (χ1) is 11.2. The van der Waals surface area contributed by atoms with E-state index >= 15 is 0 Å². The maximum Gasteiger partial charge on any atom is 0.231 e. The van der Waals surface area contributed by atoms with E-state index in [0.29, 0.717) is 5.92 Å². The van der Waals surface area contributed by atoms with Gasteiger partial charge in [-0.25, -0.2) is 0 Å². The minimum Gasteiger partial charge on any atom is -0.485 e. The minimum absolute atomic E-state index is 0.0778. The van der Waals surface area contributed by atoms with E-state index in [1.165, 1.54) is 11.1 Å². The van der Waals surface area contributed by atoms with Crippen molar-refractivity contribution >= 4 is 0 Å². The van der Waals surface area contributed by atoms with Gasteiger partial charge >= 0.3 is 0 Å². The van der Waals surface area contributed by atoms with E-state index in [0.717, 1.165) is 30.2 Å². The van der Waals surface area contributed by atoms with Crippen molar-refractivity contribution in [1.82, 2.24) is 4.90 Å². The predicted molar refractivity (Wildman–Crippen MR) is 88.1 cm³/mol. The van der Waals surface area contributed by atoms with Crippen molar-refractivity contribution < 1.29 is 14.2 Å². The number of hydrogen-bond donors (Lipinski definition) is 0. The zero-order valence-electron chi connectivity index (χ0n) is 13.5. The van der Waals surface area contributed by atoms with E-state index in [1.54, 1.807) is 0 Å². The number of ether oxygens (including phenoxy) is 3. The first kappa shape index (κ1) is 14.4. The molecule has 120 valence electrons. The summed E-state index contributed by atoms with van der Waals surface area (Å²) in [4.78, 5) is 2.23. The van der Waals surface area contributed by atoms with Gasteiger partial charge in [-0.05, 0) is 43.8 Å². The fourth-order valence-corrected chi connectivity index (χ4v) is 3.53. The van der Waals surface area contributed by atoms with Gasteiger partial charge in [-0.15, -0.1) is 0 Å². The number of benzene rings is 2. The van der Waals surface area contributed by atoms with E-state index in [1.807, 2.05) is 18.2 Å². The average Bonchev–Trinajstić information content (AvgIpc) is 3.12. The Kier molecular flexibility index (Phi) is 3.62. The first-order valence-electron chi connectivity index (χ1n) is 7.99. The summed E-state index contributed by atoms with van der Waals surface area (Å²) >= 11 is 0. The summed E-state index contributed by atoms with van der Waals surface area (Å²) in [6.07, 6.45) is 1.14. The quantitative estimate of drug-likeness (QED) is 0.867. The lowest BCUT2D eigenvalue weighted by Crippen LogP contribution is -2.27. The lowest BCUT2D eigenvalue weighted by Gasteiger charge is -2.25. The van der Waals surface area contributed by atoms with Gasteiger partial charge < -0.3 is 19.1 Å². The molecule has 0 radical (unpaired) electrons. The molecule has 2 aliphatic rings. The maximum absolute atomic E-state index is 6.38. The summed E-state index contributed by atoms with van der Waals surface area (Å²) in [5, 5.41) is 0. The number of hydrogen-bond acceptors (Lipinski definition) is 4. The van der Waals surface area contributed by atoms with Crippen molar-refractivity contribution in [1.29, 1.82) is 0 Å².